The molecule has 1 aromatic rings. The summed E-state index contributed by atoms with van der Waals surface area (Å²) >= 11 is 0. The van der Waals surface area contributed by atoms with Gasteiger partial charge in [-0.2, -0.15) is 0 Å². The predicted octanol–water partition coefficient (Wildman–Crippen LogP) is 2.22. The molecule has 0 aliphatic carbocycles. The highest BCUT2D eigenvalue weighted by Gasteiger charge is 2.10. The lowest BCUT2D eigenvalue weighted by Crippen LogP contribution is -2.44. The predicted molar refractivity (Wildman–Crippen MR) is 83.6 cm³/mol. The minimum Gasteiger partial charge on any atom is -0.489 e. The zero-order chi connectivity index (χ0) is 15.7. The van der Waals surface area contributed by atoms with Crippen molar-refractivity contribution in [3.05, 3.63) is 29.8 Å². The Morgan fingerprint density at radius 1 is 1.33 bits per heavy atom. The number of para-hydroxylation sites is 1. The average Bonchev–Trinajstić information content (AvgIpc) is 2.45. The highest BCUT2D eigenvalue weighted by atomic mass is 16.5. The van der Waals surface area contributed by atoms with Gasteiger partial charge in [-0.3, -0.25) is 0 Å². The van der Waals surface area contributed by atoms with Gasteiger partial charge in [0.1, 0.15) is 11.9 Å². The smallest absolute Gasteiger partial charge is 0.315 e. The van der Waals surface area contributed by atoms with E-state index in [1.165, 1.54) is 0 Å². The van der Waals surface area contributed by atoms with E-state index in [0.29, 0.717) is 13.0 Å². The normalized spacial score (nSPS) is 13.3. The molecule has 0 spiro atoms. The van der Waals surface area contributed by atoms with Gasteiger partial charge < -0.3 is 20.5 Å². The van der Waals surface area contributed by atoms with Crippen LogP contribution < -0.4 is 15.4 Å². The van der Waals surface area contributed by atoms with Crippen LogP contribution in [0.1, 0.15) is 32.3 Å². The van der Waals surface area contributed by atoms with Crippen molar-refractivity contribution in [1.82, 2.24) is 10.6 Å². The molecule has 5 nitrogen and oxygen atoms in total. The second-order valence-corrected chi connectivity index (χ2v) is 5.32. The van der Waals surface area contributed by atoms with Crippen LogP contribution in [0.15, 0.2) is 24.3 Å². The Balaban J connectivity index is 2.28. The van der Waals surface area contributed by atoms with Crippen molar-refractivity contribution < 1.29 is 14.6 Å². The van der Waals surface area contributed by atoms with E-state index in [1.54, 1.807) is 0 Å². The summed E-state index contributed by atoms with van der Waals surface area (Å²) in [6, 6.07) is 7.64. The molecule has 5 heteroatoms. The van der Waals surface area contributed by atoms with E-state index in [0.717, 1.165) is 17.7 Å². The molecule has 0 aliphatic heterocycles. The van der Waals surface area contributed by atoms with Crippen LogP contribution in [0.25, 0.3) is 0 Å². The van der Waals surface area contributed by atoms with Crippen molar-refractivity contribution in [1.29, 1.82) is 0 Å². The average molecular weight is 294 g/mol. The molecule has 1 rings (SSSR count). The summed E-state index contributed by atoms with van der Waals surface area (Å²) in [5, 5.41) is 14.4. The summed E-state index contributed by atoms with van der Waals surface area (Å²) in [6.07, 6.45) is 1.34. The third-order valence-corrected chi connectivity index (χ3v) is 3.14. The highest BCUT2D eigenvalue weighted by molar-refractivity contribution is 5.74. The van der Waals surface area contributed by atoms with E-state index in [2.05, 4.69) is 10.6 Å². The maximum atomic E-state index is 11.7. The summed E-state index contributed by atoms with van der Waals surface area (Å²) in [5.41, 5.74) is 1.08. The zero-order valence-electron chi connectivity index (χ0n) is 13.1. The Bertz CT molecular complexity index is 437. The maximum Gasteiger partial charge on any atom is 0.315 e. The number of carbonyl (C=O) groups excluding carboxylic acids is 1. The van der Waals surface area contributed by atoms with Gasteiger partial charge in [0.25, 0.3) is 0 Å². The van der Waals surface area contributed by atoms with Gasteiger partial charge in [0.15, 0.2) is 0 Å². The van der Waals surface area contributed by atoms with Crippen LogP contribution >= 0.6 is 0 Å². The van der Waals surface area contributed by atoms with Crippen molar-refractivity contribution in [2.75, 3.05) is 13.2 Å². The van der Waals surface area contributed by atoms with Crippen LogP contribution in [-0.4, -0.2) is 36.4 Å². The highest BCUT2D eigenvalue weighted by Crippen LogP contribution is 2.17. The number of hydrogen-bond donors (Lipinski definition) is 3. The van der Waals surface area contributed by atoms with Crippen LogP contribution in [0.5, 0.6) is 5.75 Å². The lowest BCUT2D eigenvalue weighted by Gasteiger charge is -2.18. The lowest BCUT2D eigenvalue weighted by molar-refractivity contribution is 0.204. The van der Waals surface area contributed by atoms with Gasteiger partial charge in [-0.1, -0.05) is 18.2 Å². The Labute approximate surface area is 126 Å². The van der Waals surface area contributed by atoms with Crippen LogP contribution in [0, 0.1) is 6.92 Å². The number of nitrogens with one attached hydrogen (secondary N) is 2. The van der Waals surface area contributed by atoms with Crippen LogP contribution in [0.3, 0.4) is 0 Å². The summed E-state index contributed by atoms with van der Waals surface area (Å²) in [5.74, 6) is 0.837. The summed E-state index contributed by atoms with van der Waals surface area (Å²) in [7, 11) is 0. The molecule has 1 aromatic carbocycles. The maximum absolute atomic E-state index is 11.7. The number of benzene rings is 1. The molecular weight excluding hydrogens is 268 g/mol. The molecule has 118 valence electrons. The number of amides is 2. The first-order valence-electron chi connectivity index (χ1n) is 7.40. The van der Waals surface area contributed by atoms with Crippen LogP contribution in [-0.2, 0) is 0 Å². The quantitative estimate of drug-likeness (QED) is 0.688. The summed E-state index contributed by atoms with van der Waals surface area (Å²) in [4.78, 5) is 11.7. The fraction of sp³-hybridized carbons (Fsp3) is 0.562. The Morgan fingerprint density at radius 3 is 2.71 bits per heavy atom. The van der Waals surface area contributed by atoms with E-state index in [-0.39, 0.29) is 24.8 Å². The third-order valence-electron chi connectivity index (χ3n) is 3.14. The molecule has 2 amide bonds. The van der Waals surface area contributed by atoms with Crippen molar-refractivity contribution in [3.8, 4) is 5.75 Å². The van der Waals surface area contributed by atoms with Crippen LogP contribution in [0.2, 0.25) is 0 Å². The Morgan fingerprint density at radius 2 is 2.05 bits per heavy atom. The fourth-order valence-electron chi connectivity index (χ4n) is 1.93. The van der Waals surface area contributed by atoms with E-state index < -0.39 is 0 Å². The van der Waals surface area contributed by atoms with Gasteiger partial charge >= 0.3 is 6.03 Å². The number of ether oxygens (including phenoxy) is 1. The molecule has 0 saturated carbocycles. The molecule has 2 atom stereocenters. The zero-order valence-corrected chi connectivity index (χ0v) is 13.1. The number of carbonyl (C=O) groups is 1. The van der Waals surface area contributed by atoms with Crippen LogP contribution in [0.4, 0.5) is 4.79 Å². The first-order chi connectivity index (χ1) is 10.0. The van der Waals surface area contributed by atoms with Crippen molar-refractivity contribution in [2.45, 2.75) is 45.8 Å². The SMILES string of the molecule is Cc1ccccc1OC(C)CNC(=O)NC(C)CCCO. The summed E-state index contributed by atoms with van der Waals surface area (Å²) < 4.78 is 5.79. The van der Waals surface area contributed by atoms with Gasteiger partial charge in [-0.05, 0) is 45.2 Å². The topological polar surface area (TPSA) is 70.6 Å². The number of hydrogen-bond acceptors (Lipinski definition) is 3. The van der Waals surface area contributed by atoms with Gasteiger partial charge in [0.05, 0.1) is 6.54 Å². The van der Waals surface area contributed by atoms with E-state index in [9.17, 15) is 4.79 Å². The van der Waals surface area contributed by atoms with E-state index >= 15 is 0 Å². The lowest BCUT2D eigenvalue weighted by atomic mass is 10.2. The first kappa shape index (κ1) is 17.3. The van der Waals surface area contributed by atoms with E-state index in [4.69, 9.17) is 9.84 Å². The van der Waals surface area contributed by atoms with Crippen molar-refractivity contribution in [3.63, 3.8) is 0 Å². The van der Waals surface area contributed by atoms with Gasteiger partial charge in [-0.25, -0.2) is 4.79 Å². The van der Waals surface area contributed by atoms with E-state index in [1.807, 2.05) is 45.0 Å². The fourth-order valence-corrected chi connectivity index (χ4v) is 1.93. The van der Waals surface area contributed by atoms with Gasteiger partial charge in [-0.15, -0.1) is 0 Å². The number of urea groups is 1. The molecule has 2 unspecified atom stereocenters. The molecule has 0 heterocycles. The van der Waals surface area contributed by atoms with Crippen molar-refractivity contribution >= 4 is 6.03 Å². The Kier molecular flexibility index (Phi) is 7.61. The number of aliphatic hydroxyl groups is 1. The molecule has 0 saturated heterocycles. The molecule has 0 aromatic heterocycles. The molecule has 3 N–H and O–H groups in total. The second-order valence-electron chi connectivity index (χ2n) is 5.32. The Hall–Kier alpha value is -1.75. The number of aliphatic hydroxyl groups excluding tert-OH is 1. The minimum atomic E-state index is -0.208. The van der Waals surface area contributed by atoms with Crippen molar-refractivity contribution in [2.24, 2.45) is 0 Å². The summed E-state index contributed by atoms with van der Waals surface area (Å²) in [6.45, 7) is 6.41. The van der Waals surface area contributed by atoms with Gasteiger partial charge in [0, 0.05) is 12.6 Å². The molecule has 0 fully saturated rings. The molecule has 0 radical (unpaired) electrons. The molecule has 0 bridgehead atoms. The largest absolute Gasteiger partial charge is 0.489 e. The number of rotatable bonds is 8. The minimum absolute atomic E-state index is 0.0461. The molecule has 21 heavy (non-hydrogen) atoms. The number of aryl methyl sites for hydroxylation is 1. The standard InChI is InChI=1S/C16H26N2O3/c1-12-7-4-5-9-15(12)21-14(3)11-17-16(20)18-13(2)8-6-10-19/h4-5,7,9,13-14,19H,6,8,10-11H2,1-3H3,(H2,17,18,20). The van der Waals surface area contributed by atoms with Gasteiger partial charge in [0.2, 0.25) is 0 Å². The third kappa shape index (κ3) is 6.99. The first-order valence-corrected chi connectivity index (χ1v) is 7.40. The monoisotopic (exact) mass is 294 g/mol. The molecule has 0 aliphatic rings. The second kappa shape index (κ2) is 9.23. The molecular formula is C16H26N2O3.